The van der Waals surface area contributed by atoms with Gasteiger partial charge in [0, 0.05) is 23.8 Å². The molecule has 88 valence electrons. The smallest absolute Gasteiger partial charge is 0.252 e. The van der Waals surface area contributed by atoms with Crippen molar-refractivity contribution in [3.8, 4) is 0 Å². The molecule has 0 radical (unpaired) electrons. The number of hydrogen-bond acceptors (Lipinski definition) is 2. The van der Waals surface area contributed by atoms with Crippen LogP contribution >= 0.6 is 15.9 Å². The number of ether oxygens (including phenoxy) is 1. The molecular formula is C12H16BrNO2. The molecule has 0 heterocycles. The molecule has 0 bridgehead atoms. The van der Waals surface area contributed by atoms with Gasteiger partial charge in [-0.2, -0.15) is 0 Å². The van der Waals surface area contributed by atoms with Gasteiger partial charge in [-0.1, -0.05) is 22.9 Å². The summed E-state index contributed by atoms with van der Waals surface area (Å²) in [7, 11) is 1.53. The first-order valence-corrected chi connectivity index (χ1v) is 6.03. The minimum Gasteiger partial charge on any atom is -0.375 e. The molecule has 0 N–H and O–H groups in total. The summed E-state index contributed by atoms with van der Waals surface area (Å²) in [6, 6.07) is 7.71. The van der Waals surface area contributed by atoms with Crippen molar-refractivity contribution >= 4 is 27.5 Å². The molecule has 0 aliphatic rings. The topological polar surface area (TPSA) is 29.5 Å². The summed E-state index contributed by atoms with van der Waals surface area (Å²) in [5, 5.41) is 0. The predicted octanol–water partition coefficient (Wildman–Crippen LogP) is 2.84. The maximum absolute atomic E-state index is 11.8. The Bertz CT molecular complexity index is 337. The Morgan fingerprint density at radius 3 is 2.50 bits per heavy atom. The van der Waals surface area contributed by atoms with E-state index in [1.807, 2.05) is 31.2 Å². The van der Waals surface area contributed by atoms with Gasteiger partial charge in [0.2, 0.25) is 0 Å². The highest BCUT2D eigenvalue weighted by Gasteiger charge is 2.13. The number of rotatable bonds is 5. The summed E-state index contributed by atoms with van der Waals surface area (Å²) >= 11 is 3.37. The number of amides is 1. The van der Waals surface area contributed by atoms with Crippen LogP contribution < -0.4 is 4.90 Å². The van der Waals surface area contributed by atoms with Crippen molar-refractivity contribution < 1.29 is 9.53 Å². The Hall–Kier alpha value is -0.870. The van der Waals surface area contributed by atoms with Gasteiger partial charge in [-0.3, -0.25) is 4.79 Å². The Kier molecular flexibility index (Phi) is 5.49. The lowest BCUT2D eigenvalue weighted by Gasteiger charge is -2.21. The molecule has 16 heavy (non-hydrogen) atoms. The van der Waals surface area contributed by atoms with Crippen molar-refractivity contribution in [2.75, 3.05) is 25.2 Å². The summed E-state index contributed by atoms with van der Waals surface area (Å²) < 4.78 is 5.88. The average molecular weight is 286 g/mol. The number of anilines is 1. The van der Waals surface area contributed by atoms with Crippen molar-refractivity contribution in [3.63, 3.8) is 0 Å². The zero-order chi connectivity index (χ0) is 12.0. The molecule has 0 aliphatic carbocycles. The number of benzene rings is 1. The quantitative estimate of drug-likeness (QED) is 0.833. The molecular weight excluding hydrogens is 270 g/mol. The van der Waals surface area contributed by atoms with Crippen LogP contribution in [0.1, 0.15) is 13.3 Å². The van der Waals surface area contributed by atoms with Gasteiger partial charge in [-0.25, -0.2) is 0 Å². The van der Waals surface area contributed by atoms with Crippen molar-refractivity contribution in [1.82, 2.24) is 0 Å². The van der Waals surface area contributed by atoms with E-state index in [1.165, 1.54) is 7.11 Å². The first-order valence-electron chi connectivity index (χ1n) is 5.24. The molecule has 3 nitrogen and oxygen atoms in total. The van der Waals surface area contributed by atoms with Crippen LogP contribution in [0.3, 0.4) is 0 Å². The van der Waals surface area contributed by atoms with E-state index in [2.05, 4.69) is 15.9 Å². The minimum atomic E-state index is -0.00771. The van der Waals surface area contributed by atoms with Crippen LogP contribution in [0.25, 0.3) is 0 Å². The predicted molar refractivity (Wildman–Crippen MR) is 68.7 cm³/mol. The van der Waals surface area contributed by atoms with Crippen LogP contribution in [-0.2, 0) is 9.53 Å². The molecule has 0 spiro atoms. The first kappa shape index (κ1) is 13.2. The van der Waals surface area contributed by atoms with Crippen molar-refractivity contribution in [3.05, 3.63) is 28.7 Å². The summed E-state index contributed by atoms with van der Waals surface area (Å²) in [5.41, 5.74) is 0.909. The van der Waals surface area contributed by atoms with Crippen LogP contribution in [0.15, 0.2) is 28.7 Å². The zero-order valence-electron chi connectivity index (χ0n) is 9.57. The van der Waals surface area contributed by atoms with Crippen molar-refractivity contribution in [2.24, 2.45) is 0 Å². The number of methoxy groups -OCH3 is 1. The van der Waals surface area contributed by atoms with Gasteiger partial charge >= 0.3 is 0 Å². The molecule has 0 aromatic heterocycles. The maximum Gasteiger partial charge on any atom is 0.252 e. The fraction of sp³-hybridized carbons (Fsp3) is 0.417. The summed E-state index contributed by atoms with van der Waals surface area (Å²) in [4.78, 5) is 13.6. The zero-order valence-corrected chi connectivity index (χ0v) is 11.2. The van der Waals surface area contributed by atoms with E-state index in [-0.39, 0.29) is 12.5 Å². The van der Waals surface area contributed by atoms with E-state index >= 15 is 0 Å². The second-order valence-electron chi connectivity index (χ2n) is 3.45. The molecule has 0 aliphatic heterocycles. The van der Waals surface area contributed by atoms with Crippen LogP contribution in [0.2, 0.25) is 0 Å². The second-order valence-corrected chi connectivity index (χ2v) is 4.37. The highest BCUT2D eigenvalue weighted by molar-refractivity contribution is 9.10. The molecule has 0 unspecified atom stereocenters. The fourth-order valence-electron chi connectivity index (χ4n) is 1.44. The fourth-order valence-corrected chi connectivity index (χ4v) is 1.71. The van der Waals surface area contributed by atoms with E-state index in [4.69, 9.17) is 4.74 Å². The molecule has 1 aromatic rings. The highest BCUT2D eigenvalue weighted by Crippen LogP contribution is 2.18. The van der Waals surface area contributed by atoms with Crippen LogP contribution in [0, 0.1) is 0 Å². The van der Waals surface area contributed by atoms with E-state index in [0.717, 1.165) is 16.6 Å². The van der Waals surface area contributed by atoms with Crippen LogP contribution in [0.5, 0.6) is 0 Å². The summed E-state index contributed by atoms with van der Waals surface area (Å²) in [6.07, 6.45) is 0.922. The monoisotopic (exact) mass is 285 g/mol. The molecule has 4 heteroatoms. The van der Waals surface area contributed by atoms with Gasteiger partial charge in [-0.15, -0.1) is 0 Å². The van der Waals surface area contributed by atoms with Crippen LogP contribution in [0.4, 0.5) is 5.69 Å². The SMILES string of the molecule is CCCN(C(=O)COC)c1ccc(Br)cc1. The van der Waals surface area contributed by atoms with E-state index in [0.29, 0.717) is 6.54 Å². The van der Waals surface area contributed by atoms with Gasteiger partial charge in [0.05, 0.1) is 0 Å². The number of carbonyl (C=O) groups excluding carboxylic acids is 1. The molecule has 1 aromatic carbocycles. The highest BCUT2D eigenvalue weighted by atomic mass is 79.9. The number of halogens is 1. The normalized spacial score (nSPS) is 10.2. The van der Waals surface area contributed by atoms with Crippen molar-refractivity contribution in [2.45, 2.75) is 13.3 Å². The lowest BCUT2D eigenvalue weighted by atomic mass is 10.2. The Morgan fingerprint density at radius 2 is 2.00 bits per heavy atom. The average Bonchev–Trinajstić information content (AvgIpc) is 2.28. The Balaban J connectivity index is 2.84. The molecule has 0 atom stereocenters. The lowest BCUT2D eigenvalue weighted by molar-refractivity contribution is -0.122. The molecule has 1 rings (SSSR count). The molecule has 0 saturated heterocycles. The third kappa shape index (κ3) is 3.61. The van der Waals surface area contributed by atoms with Crippen LogP contribution in [-0.4, -0.2) is 26.2 Å². The second kappa shape index (κ2) is 6.66. The van der Waals surface area contributed by atoms with Gasteiger partial charge in [-0.05, 0) is 30.7 Å². The van der Waals surface area contributed by atoms with E-state index in [9.17, 15) is 4.79 Å². The third-order valence-corrected chi connectivity index (χ3v) is 2.68. The molecule has 0 fully saturated rings. The number of hydrogen-bond donors (Lipinski definition) is 0. The molecule has 0 saturated carbocycles. The van der Waals surface area contributed by atoms with Gasteiger partial charge in [0.25, 0.3) is 5.91 Å². The number of carbonyl (C=O) groups is 1. The maximum atomic E-state index is 11.8. The van der Waals surface area contributed by atoms with Crippen molar-refractivity contribution in [1.29, 1.82) is 0 Å². The third-order valence-electron chi connectivity index (χ3n) is 2.15. The van der Waals surface area contributed by atoms with Gasteiger partial charge < -0.3 is 9.64 Å². The standard InChI is InChI=1S/C12H16BrNO2/c1-3-8-14(12(15)9-16-2)11-6-4-10(13)5-7-11/h4-7H,3,8-9H2,1-2H3. The van der Waals surface area contributed by atoms with E-state index < -0.39 is 0 Å². The van der Waals surface area contributed by atoms with Gasteiger partial charge in [0.1, 0.15) is 6.61 Å². The van der Waals surface area contributed by atoms with E-state index in [1.54, 1.807) is 4.90 Å². The minimum absolute atomic E-state index is 0.00771. The molecule has 1 amide bonds. The number of nitrogens with zero attached hydrogens (tertiary/aromatic N) is 1. The van der Waals surface area contributed by atoms with Gasteiger partial charge in [0.15, 0.2) is 0 Å². The Morgan fingerprint density at radius 1 is 1.38 bits per heavy atom. The summed E-state index contributed by atoms with van der Waals surface area (Å²) in [5.74, 6) is -0.00771. The summed E-state index contributed by atoms with van der Waals surface area (Å²) in [6.45, 7) is 2.88. The lowest BCUT2D eigenvalue weighted by Crippen LogP contribution is -2.34. The largest absolute Gasteiger partial charge is 0.375 e. The Labute approximate surface area is 105 Å². The first-order chi connectivity index (χ1) is 7.69.